The van der Waals surface area contributed by atoms with Crippen LogP contribution in [0.3, 0.4) is 0 Å². The molecular formula is C17H20N2O3S2. The topological polar surface area (TPSA) is 59.5 Å². The molecule has 1 fully saturated rings. The summed E-state index contributed by atoms with van der Waals surface area (Å²) in [6.07, 6.45) is 2.16. The number of thiophene rings is 1. The van der Waals surface area contributed by atoms with Gasteiger partial charge in [0.1, 0.15) is 9.88 Å². The van der Waals surface area contributed by atoms with Crippen LogP contribution < -0.4 is 0 Å². The number of amides is 1. The van der Waals surface area contributed by atoms with E-state index in [2.05, 4.69) is 11.9 Å². The average Bonchev–Trinajstić information content (AvgIpc) is 3.21. The van der Waals surface area contributed by atoms with E-state index < -0.39 is 5.97 Å². The number of aromatic nitrogens is 1. The lowest BCUT2D eigenvalue weighted by atomic mass is 10.0. The van der Waals surface area contributed by atoms with Crippen LogP contribution in [0.1, 0.15) is 35.1 Å². The maximum atomic E-state index is 12.3. The number of aryl methyl sites for hydroxylation is 1. The van der Waals surface area contributed by atoms with Crippen LogP contribution in [0.2, 0.25) is 0 Å². The van der Waals surface area contributed by atoms with Gasteiger partial charge in [0.2, 0.25) is 0 Å². The molecule has 5 nitrogen and oxygen atoms in total. The average molecular weight is 364 g/mol. The Morgan fingerprint density at radius 1 is 1.46 bits per heavy atom. The second-order valence-corrected chi connectivity index (χ2v) is 8.02. The van der Waals surface area contributed by atoms with Crippen LogP contribution in [-0.2, 0) is 9.53 Å². The molecule has 0 aliphatic carbocycles. The molecule has 0 radical (unpaired) electrons. The van der Waals surface area contributed by atoms with E-state index >= 15 is 0 Å². The van der Waals surface area contributed by atoms with Gasteiger partial charge in [-0.1, -0.05) is 13.0 Å². The molecule has 0 spiro atoms. The summed E-state index contributed by atoms with van der Waals surface area (Å²) in [5.74, 6) is -0.0720. The van der Waals surface area contributed by atoms with Crippen molar-refractivity contribution in [2.24, 2.45) is 5.92 Å². The highest BCUT2D eigenvalue weighted by Gasteiger charge is 2.23. The number of hydrogen-bond acceptors (Lipinski definition) is 6. The normalized spacial score (nSPS) is 17.8. The molecule has 7 heteroatoms. The van der Waals surface area contributed by atoms with Crippen LogP contribution in [0.25, 0.3) is 9.88 Å². The van der Waals surface area contributed by atoms with E-state index in [4.69, 9.17) is 4.74 Å². The Hall–Kier alpha value is -1.73. The standard InChI is InChI=1S/C17H20N2O3S2/c1-11-5-3-7-19(9-11)14(20)10-22-17(21)15-12(2)18-16(24-15)13-6-4-8-23-13/h4,6,8,11H,3,5,7,9-10H2,1-2H3. The number of ether oxygens (including phenoxy) is 1. The molecule has 3 rings (SSSR count). The molecule has 0 N–H and O–H groups in total. The summed E-state index contributed by atoms with van der Waals surface area (Å²) in [5, 5.41) is 2.79. The molecular weight excluding hydrogens is 344 g/mol. The van der Waals surface area contributed by atoms with Gasteiger partial charge in [0, 0.05) is 13.1 Å². The third-order valence-electron chi connectivity index (χ3n) is 4.05. The van der Waals surface area contributed by atoms with Gasteiger partial charge in [-0.3, -0.25) is 4.79 Å². The minimum Gasteiger partial charge on any atom is -0.451 e. The van der Waals surface area contributed by atoms with Gasteiger partial charge in [-0.2, -0.15) is 0 Å². The van der Waals surface area contributed by atoms with Gasteiger partial charge in [-0.25, -0.2) is 9.78 Å². The van der Waals surface area contributed by atoms with E-state index in [0.717, 1.165) is 35.8 Å². The fraction of sp³-hybridized carbons (Fsp3) is 0.471. The Morgan fingerprint density at radius 3 is 3.00 bits per heavy atom. The third kappa shape index (κ3) is 3.84. The Kier molecular flexibility index (Phi) is 5.30. The molecule has 2 aromatic heterocycles. The molecule has 1 unspecified atom stereocenters. The van der Waals surface area contributed by atoms with Gasteiger partial charge < -0.3 is 9.64 Å². The molecule has 128 valence electrons. The minimum atomic E-state index is -0.466. The molecule has 24 heavy (non-hydrogen) atoms. The van der Waals surface area contributed by atoms with E-state index in [9.17, 15) is 9.59 Å². The number of piperidine rings is 1. The predicted octanol–water partition coefficient (Wildman–Crippen LogP) is 3.60. The van der Waals surface area contributed by atoms with E-state index in [1.165, 1.54) is 11.3 Å². The fourth-order valence-corrected chi connectivity index (χ4v) is 4.55. The Bertz CT molecular complexity index is 724. The number of hydrogen-bond donors (Lipinski definition) is 0. The number of thiazole rings is 1. The van der Waals surface area contributed by atoms with Gasteiger partial charge in [0.15, 0.2) is 6.61 Å². The molecule has 0 aromatic carbocycles. The van der Waals surface area contributed by atoms with Crippen molar-refractivity contribution >= 4 is 34.6 Å². The highest BCUT2D eigenvalue weighted by molar-refractivity contribution is 7.22. The Morgan fingerprint density at radius 2 is 2.29 bits per heavy atom. The summed E-state index contributed by atoms with van der Waals surface area (Å²) in [6, 6.07) is 3.92. The van der Waals surface area contributed by atoms with E-state index in [-0.39, 0.29) is 12.5 Å². The fourth-order valence-electron chi connectivity index (χ4n) is 2.79. The molecule has 1 aliphatic heterocycles. The van der Waals surface area contributed by atoms with Gasteiger partial charge >= 0.3 is 5.97 Å². The minimum absolute atomic E-state index is 0.115. The SMILES string of the molecule is Cc1nc(-c2cccs2)sc1C(=O)OCC(=O)N1CCCC(C)C1. The van der Waals surface area contributed by atoms with E-state index in [1.807, 2.05) is 17.5 Å². The number of nitrogens with zero attached hydrogens (tertiary/aromatic N) is 2. The van der Waals surface area contributed by atoms with Gasteiger partial charge in [-0.15, -0.1) is 22.7 Å². The van der Waals surface area contributed by atoms with Crippen molar-refractivity contribution in [2.75, 3.05) is 19.7 Å². The molecule has 1 saturated heterocycles. The van der Waals surface area contributed by atoms with Crippen molar-refractivity contribution in [3.63, 3.8) is 0 Å². The van der Waals surface area contributed by atoms with Crippen LogP contribution in [-0.4, -0.2) is 41.5 Å². The van der Waals surface area contributed by atoms with Crippen LogP contribution in [0, 0.1) is 12.8 Å². The Labute approximate surface area is 149 Å². The van der Waals surface area contributed by atoms with Crippen molar-refractivity contribution in [1.29, 1.82) is 0 Å². The highest BCUT2D eigenvalue weighted by Crippen LogP contribution is 2.31. The number of rotatable bonds is 4. The lowest BCUT2D eigenvalue weighted by Gasteiger charge is -2.30. The first-order valence-electron chi connectivity index (χ1n) is 8.01. The van der Waals surface area contributed by atoms with Gasteiger partial charge in [-0.05, 0) is 37.1 Å². The summed E-state index contributed by atoms with van der Waals surface area (Å²) in [7, 11) is 0. The van der Waals surface area contributed by atoms with E-state index in [1.54, 1.807) is 23.2 Å². The maximum Gasteiger partial charge on any atom is 0.350 e. The first-order valence-corrected chi connectivity index (χ1v) is 9.70. The van der Waals surface area contributed by atoms with Crippen molar-refractivity contribution in [1.82, 2.24) is 9.88 Å². The summed E-state index contributed by atoms with van der Waals surface area (Å²) < 4.78 is 5.23. The third-order valence-corrected chi connectivity index (χ3v) is 6.23. The summed E-state index contributed by atoms with van der Waals surface area (Å²) in [5.41, 5.74) is 0.646. The van der Waals surface area contributed by atoms with Crippen molar-refractivity contribution in [3.8, 4) is 9.88 Å². The first-order chi connectivity index (χ1) is 11.5. The predicted molar refractivity (Wildman–Crippen MR) is 95.4 cm³/mol. The smallest absolute Gasteiger partial charge is 0.350 e. The molecule has 1 aliphatic rings. The number of esters is 1. The zero-order chi connectivity index (χ0) is 17.1. The highest BCUT2D eigenvalue weighted by atomic mass is 32.1. The molecule has 0 saturated carbocycles. The van der Waals surface area contributed by atoms with Crippen LogP contribution in [0.4, 0.5) is 0 Å². The zero-order valence-corrected chi connectivity index (χ0v) is 15.4. The summed E-state index contributed by atoms with van der Waals surface area (Å²) in [6.45, 7) is 5.23. The molecule has 0 bridgehead atoms. The second kappa shape index (κ2) is 7.44. The molecule has 1 amide bonds. The lowest BCUT2D eigenvalue weighted by molar-refractivity contribution is -0.136. The van der Waals surface area contributed by atoms with Crippen molar-refractivity contribution in [2.45, 2.75) is 26.7 Å². The largest absolute Gasteiger partial charge is 0.451 e. The maximum absolute atomic E-state index is 12.3. The van der Waals surface area contributed by atoms with Crippen LogP contribution in [0.15, 0.2) is 17.5 Å². The number of carbonyl (C=O) groups excluding carboxylic acids is 2. The molecule has 3 heterocycles. The lowest BCUT2D eigenvalue weighted by Crippen LogP contribution is -2.41. The quantitative estimate of drug-likeness (QED) is 0.778. The number of likely N-dealkylation sites (tertiary alicyclic amines) is 1. The van der Waals surface area contributed by atoms with Crippen LogP contribution >= 0.6 is 22.7 Å². The van der Waals surface area contributed by atoms with Gasteiger partial charge in [0.05, 0.1) is 10.6 Å². The summed E-state index contributed by atoms with van der Waals surface area (Å²) in [4.78, 5) is 32.2. The summed E-state index contributed by atoms with van der Waals surface area (Å²) >= 11 is 2.89. The van der Waals surface area contributed by atoms with Crippen LogP contribution in [0.5, 0.6) is 0 Å². The molecule has 2 aromatic rings. The second-order valence-electron chi connectivity index (χ2n) is 6.07. The molecule has 1 atom stereocenters. The Balaban J connectivity index is 1.60. The van der Waals surface area contributed by atoms with E-state index in [0.29, 0.717) is 16.5 Å². The van der Waals surface area contributed by atoms with Crippen molar-refractivity contribution < 1.29 is 14.3 Å². The monoisotopic (exact) mass is 364 g/mol. The zero-order valence-electron chi connectivity index (χ0n) is 13.8. The number of carbonyl (C=O) groups is 2. The van der Waals surface area contributed by atoms with Crippen molar-refractivity contribution in [3.05, 3.63) is 28.1 Å². The van der Waals surface area contributed by atoms with Gasteiger partial charge in [0.25, 0.3) is 5.91 Å². The first kappa shape index (κ1) is 17.1.